The highest BCUT2D eigenvalue weighted by atomic mass is 19.1. The fourth-order valence-electron chi connectivity index (χ4n) is 1.69. The van der Waals surface area contributed by atoms with Crippen molar-refractivity contribution in [3.63, 3.8) is 0 Å². The molecule has 1 aromatic heterocycles. The molecule has 106 valence electrons. The van der Waals surface area contributed by atoms with E-state index in [9.17, 15) is 4.39 Å². The van der Waals surface area contributed by atoms with Crippen LogP contribution in [0.2, 0.25) is 0 Å². The molecule has 0 saturated carbocycles. The average Bonchev–Trinajstić information content (AvgIpc) is 2.97. The SMILES string of the molecule is CCNC(=NCc1ccc(F)cc1)NCc1ccco1. The molecular weight excluding hydrogens is 257 g/mol. The summed E-state index contributed by atoms with van der Waals surface area (Å²) in [6.07, 6.45) is 1.64. The van der Waals surface area contributed by atoms with E-state index in [2.05, 4.69) is 15.6 Å². The largest absolute Gasteiger partial charge is 0.467 e. The molecule has 1 heterocycles. The van der Waals surface area contributed by atoms with Crippen molar-refractivity contribution < 1.29 is 8.81 Å². The smallest absolute Gasteiger partial charge is 0.191 e. The fraction of sp³-hybridized carbons (Fsp3) is 0.267. The van der Waals surface area contributed by atoms with Gasteiger partial charge in [-0.3, -0.25) is 0 Å². The van der Waals surface area contributed by atoms with Crippen LogP contribution in [0.4, 0.5) is 4.39 Å². The summed E-state index contributed by atoms with van der Waals surface area (Å²) in [5.74, 6) is 1.31. The molecule has 0 bridgehead atoms. The summed E-state index contributed by atoms with van der Waals surface area (Å²) in [4.78, 5) is 4.44. The Morgan fingerprint density at radius 1 is 1.20 bits per heavy atom. The van der Waals surface area contributed by atoms with Gasteiger partial charge in [-0.05, 0) is 36.8 Å². The van der Waals surface area contributed by atoms with Crippen LogP contribution in [0.3, 0.4) is 0 Å². The van der Waals surface area contributed by atoms with E-state index in [1.165, 1.54) is 12.1 Å². The summed E-state index contributed by atoms with van der Waals surface area (Å²) in [5.41, 5.74) is 0.960. The summed E-state index contributed by atoms with van der Waals surface area (Å²) in [6, 6.07) is 10.1. The predicted molar refractivity (Wildman–Crippen MR) is 76.8 cm³/mol. The van der Waals surface area contributed by atoms with E-state index in [0.29, 0.717) is 19.0 Å². The Hall–Kier alpha value is -2.30. The van der Waals surface area contributed by atoms with Gasteiger partial charge in [0.1, 0.15) is 11.6 Å². The van der Waals surface area contributed by atoms with Gasteiger partial charge in [0.15, 0.2) is 5.96 Å². The van der Waals surface area contributed by atoms with Crippen LogP contribution in [-0.2, 0) is 13.1 Å². The first kappa shape index (κ1) is 14.1. The van der Waals surface area contributed by atoms with Crippen molar-refractivity contribution in [3.8, 4) is 0 Å². The van der Waals surface area contributed by atoms with Gasteiger partial charge in [-0.15, -0.1) is 0 Å². The Bertz CT molecular complexity index is 535. The summed E-state index contributed by atoms with van der Waals surface area (Å²) >= 11 is 0. The molecule has 5 heteroatoms. The minimum atomic E-state index is -0.236. The van der Waals surface area contributed by atoms with Crippen LogP contribution in [-0.4, -0.2) is 12.5 Å². The van der Waals surface area contributed by atoms with Crippen molar-refractivity contribution in [2.45, 2.75) is 20.0 Å². The summed E-state index contributed by atoms with van der Waals surface area (Å²) in [5, 5.41) is 6.33. The second kappa shape index (κ2) is 7.33. The van der Waals surface area contributed by atoms with Crippen LogP contribution < -0.4 is 10.6 Å². The van der Waals surface area contributed by atoms with Gasteiger partial charge < -0.3 is 15.1 Å². The summed E-state index contributed by atoms with van der Waals surface area (Å²) in [6.45, 7) is 3.84. The molecule has 0 saturated heterocycles. The molecule has 2 aromatic rings. The molecule has 2 N–H and O–H groups in total. The molecule has 0 amide bonds. The molecule has 0 unspecified atom stereocenters. The van der Waals surface area contributed by atoms with Gasteiger partial charge in [-0.2, -0.15) is 0 Å². The number of nitrogens with one attached hydrogen (secondary N) is 2. The highest BCUT2D eigenvalue weighted by Gasteiger charge is 2.00. The second-order valence-electron chi connectivity index (χ2n) is 4.25. The van der Waals surface area contributed by atoms with Crippen LogP contribution in [0.25, 0.3) is 0 Å². The van der Waals surface area contributed by atoms with E-state index in [-0.39, 0.29) is 5.82 Å². The number of nitrogens with zero attached hydrogens (tertiary/aromatic N) is 1. The van der Waals surface area contributed by atoms with Crippen LogP contribution >= 0.6 is 0 Å². The minimum Gasteiger partial charge on any atom is -0.467 e. The van der Waals surface area contributed by atoms with Gasteiger partial charge >= 0.3 is 0 Å². The molecule has 20 heavy (non-hydrogen) atoms. The summed E-state index contributed by atoms with van der Waals surface area (Å²) in [7, 11) is 0. The molecule has 0 aliphatic rings. The first-order valence-corrected chi connectivity index (χ1v) is 6.57. The molecule has 0 aliphatic carbocycles. The third kappa shape index (κ3) is 4.42. The van der Waals surface area contributed by atoms with Crippen LogP contribution in [0.5, 0.6) is 0 Å². The van der Waals surface area contributed by atoms with Gasteiger partial charge in [-0.25, -0.2) is 9.38 Å². The molecular formula is C15H18FN3O. The zero-order chi connectivity index (χ0) is 14.2. The minimum absolute atomic E-state index is 0.236. The van der Waals surface area contributed by atoms with Crippen LogP contribution in [0.15, 0.2) is 52.1 Å². The number of aliphatic imine (C=N–C) groups is 1. The van der Waals surface area contributed by atoms with Gasteiger partial charge in [0.25, 0.3) is 0 Å². The lowest BCUT2D eigenvalue weighted by Crippen LogP contribution is -2.36. The molecule has 0 fully saturated rings. The van der Waals surface area contributed by atoms with E-state index < -0.39 is 0 Å². The van der Waals surface area contributed by atoms with Gasteiger partial charge in [0.2, 0.25) is 0 Å². The normalized spacial score (nSPS) is 11.4. The lowest BCUT2D eigenvalue weighted by atomic mass is 10.2. The van der Waals surface area contributed by atoms with E-state index in [4.69, 9.17) is 4.42 Å². The average molecular weight is 275 g/mol. The summed E-state index contributed by atoms with van der Waals surface area (Å²) < 4.78 is 18.1. The van der Waals surface area contributed by atoms with Crippen molar-refractivity contribution in [3.05, 3.63) is 59.8 Å². The van der Waals surface area contributed by atoms with Gasteiger partial charge in [0, 0.05) is 6.54 Å². The van der Waals surface area contributed by atoms with Crippen LogP contribution in [0, 0.1) is 5.82 Å². The Labute approximate surface area is 117 Å². The van der Waals surface area contributed by atoms with Crippen molar-refractivity contribution in [1.82, 2.24) is 10.6 Å². The molecule has 1 aromatic carbocycles. The maximum atomic E-state index is 12.8. The molecule has 0 aliphatic heterocycles. The first-order valence-electron chi connectivity index (χ1n) is 6.57. The maximum absolute atomic E-state index is 12.8. The Balaban J connectivity index is 1.92. The number of guanidine groups is 1. The quantitative estimate of drug-likeness (QED) is 0.651. The number of halogens is 1. The fourth-order valence-corrected chi connectivity index (χ4v) is 1.69. The third-order valence-corrected chi connectivity index (χ3v) is 2.69. The topological polar surface area (TPSA) is 49.6 Å². The van der Waals surface area contributed by atoms with Gasteiger partial charge in [-0.1, -0.05) is 12.1 Å². The first-order chi connectivity index (χ1) is 9.78. The van der Waals surface area contributed by atoms with E-state index in [1.54, 1.807) is 18.4 Å². The molecule has 0 atom stereocenters. The van der Waals surface area contributed by atoms with Crippen LogP contribution in [0.1, 0.15) is 18.2 Å². The second-order valence-corrected chi connectivity index (χ2v) is 4.25. The highest BCUT2D eigenvalue weighted by molar-refractivity contribution is 5.79. The zero-order valence-electron chi connectivity index (χ0n) is 11.4. The van der Waals surface area contributed by atoms with Crippen molar-refractivity contribution in [2.24, 2.45) is 4.99 Å². The number of furan rings is 1. The van der Waals surface area contributed by atoms with E-state index in [1.807, 2.05) is 19.1 Å². The lowest BCUT2D eigenvalue weighted by Gasteiger charge is -2.10. The number of benzene rings is 1. The molecule has 2 rings (SSSR count). The Morgan fingerprint density at radius 2 is 2.00 bits per heavy atom. The molecule has 0 radical (unpaired) electrons. The van der Waals surface area contributed by atoms with Crippen molar-refractivity contribution in [1.29, 1.82) is 0 Å². The highest BCUT2D eigenvalue weighted by Crippen LogP contribution is 2.04. The number of rotatable bonds is 5. The number of hydrogen-bond acceptors (Lipinski definition) is 2. The monoisotopic (exact) mass is 275 g/mol. The zero-order valence-corrected chi connectivity index (χ0v) is 11.4. The standard InChI is InChI=1S/C15H18FN3O/c1-2-17-15(19-11-14-4-3-9-20-14)18-10-12-5-7-13(16)8-6-12/h3-9H,2,10-11H2,1H3,(H2,17,18,19). The maximum Gasteiger partial charge on any atom is 0.191 e. The molecule has 0 spiro atoms. The van der Waals surface area contributed by atoms with Crippen molar-refractivity contribution in [2.75, 3.05) is 6.54 Å². The predicted octanol–water partition coefficient (Wildman–Crippen LogP) is 2.67. The lowest BCUT2D eigenvalue weighted by molar-refractivity contribution is 0.501. The molecule has 4 nitrogen and oxygen atoms in total. The van der Waals surface area contributed by atoms with Crippen molar-refractivity contribution >= 4 is 5.96 Å². The van der Waals surface area contributed by atoms with E-state index >= 15 is 0 Å². The Kier molecular flexibility index (Phi) is 5.17. The number of hydrogen-bond donors (Lipinski definition) is 2. The van der Waals surface area contributed by atoms with Gasteiger partial charge in [0.05, 0.1) is 19.4 Å². The Morgan fingerprint density at radius 3 is 2.65 bits per heavy atom. The van der Waals surface area contributed by atoms with E-state index in [0.717, 1.165) is 17.9 Å². The third-order valence-electron chi connectivity index (χ3n) is 2.69.